The van der Waals surface area contributed by atoms with E-state index in [-0.39, 0.29) is 16.5 Å². The molecule has 2 rings (SSSR count). The lowest BCUT2D eigenvalue weighted by molar-refractivity contribution is 0.701. The Morgan fingerprint density at radius 3 is 2.69 bits per heavy atom. The van der Waals surface area contributed by atoms with E-state index in [9.17, 15) is 9.59 Å². The Morgan fingerprint density at radius 1 is 1.25 bits per heavy atom. The molecular formula is C11H12N2O2S. The Hall–Kier alpha value is -1.49. The summed E-state index contributed by atoms with van der Waals surface area (Å²) >= 11 is 1.58. The standard InChI is InChI=1S/C11H12N2O2S/c1-8(16-2)12-6-7-13-9(11(12)15)4-3-5-10(13)14/h3-8H,1-2H3. The quantitative estimate of drug-likeness (QED) is 0.790. The highest BCUT2D eigenvalue weighted by atomic mass is 32.2. The highest BCUT2D eigenvalue weighted by molar-refractivity contribution is 7.98. The summed E-state index contributed by atoms with van der Waals surface area (Å²) < 4.78 is 2.99. The van der Waals surface area contributed by atoms with Gasteiger partial charge < -0.3 is 4.57 Å². The third kappa shape index (κ3) is 1.67. The monoisotopic (exact) mass is 236 g/mol. The highest BCUT2D eigenvalue weighted by Gasteiger charge is 2.07. The summed E-state index contributed by atoms with van der Waals surface area (Å²) in [5.74, 6) is 0. The van der Waals surface area contributed by atoms with Gasteiger partial charge in [-0.2, -0.15) is 0 Å². The molecule has 5 heteroatoms. The van der Waals surface area contributed by atoms with Gasteiger partial charge in [-0.25, -0.2) is 0 Å². The SMILES string of the molecule is CSC(C)n1ccn2c(=O)cccc2c1=O. The third-order valence-corrected chi connectivity index (χ3v) is 3.46. The number of fused-ring (bicyclic) bond motifs is 1. The second-order valence-corrected chi connectivity index (χ2v) is 4.62. The van der Waals surface area contributed by atoms with Crippen LogP contribution in [0.15, 0.2) is 40.2 Å². The van der Waals surface area contributed by atoms with Crippen molar-refractivity contribution in [2.24, 2.45) is 0 Å². The second kappa shape index (κ2) is 4.17. The van der Waals surface area contributed by atoms with Crippen LogP contribution in [-0.2, 0) is 0 Å². The van der Waals surface area contributed by atoms with E-state index < -0.39 is 0 Å². The molecule has 2 aromatic heterocycles. The number of rotatable bonds is 2. The number of thioether (sulfide) groups is 1. The minimum atomic E-state index is -0.182. The first kappa shape index (κ1) is 11.0. The van der Waals surface area contributed by atoms with E-state index in [0.717, 1.165) is 0 Å². The number of hydrogen-bond donors (Lipinski definition) is 0. The van der Waals surface area contributed by atoms with Crippen molar-refractivity contribution in [2.45, 2.75) is 12.3 Å². The lowest BCUT2D eigenvalue weighted by atomic mass is 10.4. The first-order valence-electron chi connectivity index (χ1n) is 4.90. The van der Waals surface area contributed by atoms with Gasteiger partial charge in [0.2, 0.25) is 0 Å². The van der Waals surface area contributed by atoms with Crippen molar-refractivity contribution < 1.29 is 0 Å². The molecule has 0 fully saturated rings. The van der Waals surface area contributed by atoms with Gasteiger partial charge in [0.1, 0.15) is 5.52 Å². The maximum atomic E-state index is 12.1. The van der Waals surface area contributed by atoms with E-state index in [1.54, 1.807) is 40.9 Å². The molecule has 1 atom stereocenters. The van der Waals surface area contributed by atoms with Gasteiger partial charge in [0.25, 0.3) is 11.1 Å². The molecule has 0 saturated carbocycles. The second-order valence-electron chi connectivity index (χ2n) is 3.46. The topological polar surface area (TPSA) is 43.5 Å². The molecule has 0 aliphatic carbocycles. The summed E-state index contributed by atoms with van der Waals surface area (Å²) in [6.07, 6.45) is 5.22. The summed E-state index contributed by atoms with van der Waals surface area (Å²) in [5.41, 5.74) is 0.0940. The molecule has 4 nitrogen and oxygen atoms in total. The molecule has 2 aromatic rings. The van der Waals surface area contributed by atoms with Crippen LogP contribution < -0.4 is 11.1 Å². The van der Waals surface area contributed by atoms with Crippen LogP contribution in [0.25, 0.3) is 5.52 Å². The van der Waals surface area contributed by atoms with Gasteiger partial charge in [-0.05, 0) is 19.2 Å². The van der Waals surface area contributed by atoms with Gasteiger partial charge in [-0.15, -0.1) is 11.8 Å². The molecule has 0 saturated heterocycles. The van der Waals surface area contributed by atoms with Crippen LogP contribution >= 0.6 is 11.8 Å². The first-order valence-corrected chi connectivity index (χ1v) is 6.19. The summed E-state index contributed by atoms with van der Waals surface area (Å²) in [5, 5.41) is 0.0628. The lowest BCUT2D eigenvalue weighted by Gasteiger charge is -2.13. The van der Waals surface area contributed by atoms with Crippen molar-refractivity contribution in [2.75, 3.05) is 6.26 Å². The summed E-state index contributed by atoms with van der Waals surface area (Å²) in [6, 6.07) is 4.70. The molecule has 0 spiro atoms. The molecular weight excluding hydrogens is 224 g/mol. The summed E-state index contributed by atoms with van der Waals surface area (Å²) in [6.45, 7) is 1.95. The minimum Gasteiger partial charge on any atom is -0.300 e. The van der Waals surface area contributed by atoms with Gasteiger partial charge in [0.05, 0.1) is 5.37 Å². The molecule has 1 unspecified atom stereocenters. The predicted octanol–water partition coefficient (Wildman–Crippen LogP) is 1.34. The predicted molar refractivity (Wildman–Crippen MR) is 66.2 cm³/mol. The fourth-order valence-electron chi connectivity index (χ4n) is 1.57. The molecule has 16 heavy (non-hydrogen) atoms. The Kier molecular flexibility index (Phi) is 2.87. The Labute approximate surface area is 96.5 Å². The Bertz CT molecular complexity index is 630. The Morgan fingerprint density at radius 2 is 2.00 bits per heavy atom. The number of nitrogens with zero attached hydrogens (tertiary/aromatic N) is 2. The van der Waals surface area contributed by atoms with E-state index in [4.69, 9.17) is 0 Å². The zero-order valence-corrected chi connectivity index (χ0v) is 9.90. The molecule has 84 valence electrons. The van der Waals surface area contributed by atoms with Gasteiger partial charge >= 0.3 is 0 Å². The van der Waals surface area contributed by atoms with Gasteiger partial charge in [0, 0.05) is 18.5 Å². The maximum Gasteiger partial charge on any atom is 0.275 e. The zero-order valence-electron chi connectivity index (χ0n) is 9.08. The molecule has 0 aliphatic rings. The molecule has 0 N–H and O–H groups in total. The van der Waals surface area contributed by atoms with Crippen molar-refractivity contribution in [3.8, 4) is 0 Å². The normalized spacial score (nSPS) is 12.9. The van der Waals surface area contributed by atoms with Crippen molar-refractivity contribution in [3.63, 3.8) is 0 Å². The highest BCUT2D eigenvalue weighted by Crippen LogP contribution is 2.15. The van der Waals surface area contributed by atoms with Crippen LogP contribution in [-0.4, -0.2) is 15.2 Å². The number of aromatic nitrogens is 2. The zero-order chi connectivity index (χ0) is 11.7. The third-order valence-electron chi connectivity index (χ3n) is 2.55. The van der Waals surface area contributed by atoms with Crippen LogP contribution in [0.5, 0.6) is 0 Å². The smallest absolute Gasteiger partial charge is 0.275 e. The average Bonchev–Trinajstić information content (AvgIpc) is 2.30. The lowest BCUT2D eigenvalue weighted by Crippen LogP contribution is -2.26. The van der Waals surface area contributed by atoms with E-state index >= 15 is 0 Å². The largest absolute Gasteiger partial charge is 0.300 e. The van der Waals surface area contributed by atoms with Crippen molar-refractivity contribution in [1.82, 2.24) is 8.97 Å². The first-order chi connectivity index (χ1) is 7.65. The van der Waals surface area contributed by atoms with E-state index in [1.807, 2.05) is 13.2 Å². The van der Waals surface area contributed by atoms with E-state index in [1.165, 1.54) is 10.5 Å². The van der Waals surface area contributed by atoms with Crippen LogP contribution in [0, 0.1) is 0 Å². The van der Waals surface area contributed by atoms with Crippen LogP contribution in [0.4, 0.5) is 0 Å². The van der Waals surface area contributed by atoms with Gasteiger partial charge in [-0.1, -0.05) is 6.07 Å². The van der Waals surface area contributed by atoms with E-state index in [2.05, 4.69) is 0 Å². The fourth-order valence-corrected chi connectivity index (χ4v) is 1.96. The van der Waals surface area contributed by atoms with Gasteiger partial charge in [-0.3, -0.25) is 14.0 Å². The number of pyridine rings is 1. The van der Waals surface area contributed by atoms with Crippen molar-refractivity contribution in [1.29, 1.82) is 0 Å². The molecule has 0 aliphatic heterocycles. The summed E-state index contributed by atoms with van der Waals surface area (Å²) in [4.78, 5) is 23.6. The van der Waals surface area contributed by atoms with Crippen LogP contribution in [0.2, 0.25) is 0 Å². The van der Waals surface area contributed by atoms with Crippen LogP contribution in [0.3, 0.4) is 0 Å². The average molecular weight is 236 g/mol. The minimum absolute atomic E-state index is 0.0628. The fraction of sp³-hybridized carbons (Fsp3) is 0.273. The van der Waals surface area contributed by atoms with E-state index in [0.29, 0.717) is 5.52 Å². The van der Waals surface area contributed by atoms with Crippen molar-refractivity contribution in [3.05, 3.63) is 51.3 Å². The molecule has 2 heterocycles. The van der Waals surface area contributed by atoms with Crippen LogP contribution in [0.1, 0.15) is 12.3 Å². The summed E-state index contributed by atoms with van der Waals surface area (Å²) in [7, 11) is 0. The molecule has 0 bridgehead atoms. The maximum absolute atomic E-state index is 12.1. The van der Waals surface area contributed by atoms with Crippen molar-refractivity contribution >= 4 is 17.3 Å². The number of hydrogen-bond acceptors (Lipinski definition) is 3. The Balaban J connectivity index is 2.81. The molecule has 0 radical (unpaired) electrons. The molecule has 0 amide bonds. The molecule has 0 aromatic carbocycles. The van der Waals surface area contributed by atoms with Gasteiger partial charge in [0.15, 0.2) is 0 Å².